The Labute approximate surface area is 249 Å². The lowest BCUT2D eigenvalue weighted by molar-refractivity contribution is 0.669. The lowest BCUT2D eigenvalue weighted by Gasteiger charge is -2.20. The molecule has 0 unspecified atom stereocenters. The first kappa shape index (κ1) is 24.1. The van der Waals surface area contributed by atoms with Crippen molar-refractivity contribution in [3.63, 3.8) is 0 Å². The molecule has 0 spiro atoms. The van der Waals surface area contributed by atoms with E-state index in [0.717, 1.165) is 40.2 Å². The zero-order valence-corrected chi connectivity index (χ0v) is 23.5. The minimum atomic E-state index is 0.908. The van der Waals surface area contributed by atoms with Gasteiger partial charge in [0.2, 0.25) is 0 Å². The Morgan fingerprint density at radius 3 is 2.19 bits per heavy atom. The molecular formula is C42H26O. The Kier molecular flexibility index (Phi) is 5.31. The molecule has 200 valence electrons. The second-order valence-electron chi connectivity index (χ2n) is 11.4. The number of furan rings is 1. The normalized spacial score (nSPS) is 12.9. The standard InChI is InChI=1S/C42H26O/c1-2-14-29-27(12-1)13-11-22-30(29)31-15-3-4-17-33(31)42-36-20-7-5-18-34(36)41(35-19-6-8-21-37(35)42)28-24-25-40-38(26-28)32-16-9-10-23-39(32)43-40/h1-7,9-10,12-20,23-26H,11,22H2. The zero-order valence-electron chi connectivity index (χ0n) is 23.5. The van der Waals surface area contributed by atoms with Gasteiger partial charge < -0.3 is 4.42 Å². The third-order valence-electron chi connectivity index (χ3n) is 9.02. The number of benzene rings is 6. The molecule has 0 amide bonds. The summed E-state index contributed by atoms with van der Waals surface area (Å²) in [6, 6.07) is 52.5. The van der Waals surface area contributed by atoms with Crippen molar-refractivity contribution in [1.82, 2.24) is 0 Å². The number of fused-ring (bicyclic) bond motifs is 6. The topological polar surface area (TPSA) is 13.1 Å². The highest BCUT2D eigenvalue weighted by atomic mass is 16.3. The van der Waals surface area contributed by atoms with Crippen LogP contribution in [-0.4, -0.2) is 0 Å². The second kappa shape index (κ2) is 9.48. The van der Waals surface area contributed by atoms with E-state index in [1.165, 1.54) is 60.0 Å². The van der Waals surface area contributed by atoms with E-state index >= 15 is 0 Å². The number of para-hydroxylation sites is 1. The number of rotatable bonds is 3. The van der Waals surface area contributed by atoms with Crippen LogP contribution in [0.1, 0.15) is 18.4 Å². The van der Waals surface area contributed by atoms with Crippen LogP contribution in [0.15, 0.2) is 132 Å². The summed E-state index contributed by atoms with van der Waals surface area (Å²) < 4.78 is 6.18. The first-order chi connectivity index (χ1) is 21.3. The molecule has 9 rings (SSSR count). The largest absolute Gasteiger partial charge is 0.456 e. The van der Waals surface area contributed by atoms with Crippen molar-refractivity contribution in [2.75, 3.05) is 0 Å². The van der Waals surface area contributed by atoms with Gasteiger partial charge >= 0.3 is 0 Å². The predicted octanol–water partition coefficient (Wildman–Crippen LogP) is 9.60. The van der Waals surface area contributed by atoms with Crippen molar-refractivity contribution >= 4 is 55.1 Å². The molecule has 1 nitrogen and oxygen atoms in total. The van der Waals surface area contributed by atoms with Gasteiger partial charge in [-0.15, -0.1) is 0 Å². The summed E-state index contributed by atoms with van der Waals surface area (Å²) >= 11 is 0. The van der Waals surface area contributed by atoms with Crippen LogP contribution in [0.25, 0.3) is 77.4 Å². The fraction of sp³-hybridized carbons (Fsp3) is 0.0476. The SMILES string of the molecule is c1ccc2c(-c3ccc4oc5ccccc5c4c3)c3ccccc3c(-c3ccccc3C3=c4ccccc4=CCC3)c2c#1. The van der Waals surface area contributed by atoms with Crippen LogP contribution in [0.3, 0.4) is 0 Å². The average Bonchev–Trinajstić information content (AvgIpc) is 3.45. The van der Waals surface area contributed by atoms with Gasteiger partial charge in [0.1, 0.15) is 11.2 Å². The molecule has 0 aliphatic heterocycles. The summed E-state index contributed by atoms with van der Waals surface area (Å²) in [4.78, 5) is 0. The van der Waals surface area contributed by atoms with E-state index in [2.05, 4.69) is 127 Å². The quantitative estimate of drug-likeness (QED) is 0.215. The zero-order chi connectivity index (χ0) is 28.3. The van der Waals surface area contributed by atoms with Crippen molar-refractivity contribution < 1.29 is 4.42 Å². The Morgan fingerprint density at radius 1 is 0.558 bits per heavy atom. The smallest absolute Gasteiger partial charge is 0.135 e. The maximum atomic E-state index is 6.18. The molecule has 1 aliphatic carbocycles. The first-order valence-corrected chi connectivity index (χ1v) is 14.9. The van der Waals surface area contributed by atoms with Gasteiger partial charge in [0.15, 0.2) is 0 Å². The van der Waals surface area contributed by atoms with Crippen LogP contribution in [0, 0.1) is 12.1 Å². The summed E-state index contributed by atoms with van der Waals surface area (Å²) in [5, 5.41) is 9.66. The van der Waals surface area contributed by atoms with Crippen molar-refractivity contribution in [2.45, 2.75) is 12.8 Å². The molecule has 1 aliphatic rings. The highest BCUT2D eigenvalue weighted by Gasteiger charge is 2.20. The van der Waals surface area contributed by atoms with Gasteiger partial charge in [0.25, 0.3) is 0 Å². The molecule has 0 radical (unpaired) electrons. The maximum Gasteiger partial charge on any atom is 0.135 e. The molecule has 0 N–H and O–H groups in total. The lowest BCUT2D eigenvalue weighted by Crippen LogP contribution is -2.29. The van der Waals surface area contributed by atoms with Crippen LogP contribution >= 0.6 is 0 Å². The number of hydrogen-bond donors (Lipinski definition) is 0. The minimum Gasteiger partial charge on any atom is -0.456 e. The van der Waals surface area contributed by atoms with Gasteiger partial charge in [0, 0.05) is 21.7 Å². The average molecular weight is 547 g/mol. The van der Waals surface area contributed by atoms with Gasteiger partial charge in [0.05, 0.1) is 0 Å². The summed E-state index contributed by atoms with van der Waals surface area (Å²) in [5.74, 6) is 0. The van der Waals surface area contributed by atoms with Crippen LogP contribution < -0.4 is 10.4 Å². The highest BCUT2D eigenvalue weighted by Crippen LogP contribution is 2.45. The van der Waals surface area contributed by atoms with E-state index in [9.17, 15) is 0 Å². The van der Waals surface area contributed by atoms with Gasteiger partial charge in [-0.25, -0.2) is 0 Å². The van der Waals surface area contributed by atoms with E-state index in [1.807, 2.05) is 18.2 Å². The molecule has 8 aromatic rings. The van der Waals surface area contributed by atoms with Crippen molar-refractivity contribution in [1.29, 1.82) is 0 Å². The van der Waals surface area contributed by atoms with E-state index in [-0.39, 0.29) is 0 Å². The van der Waals surface area contributed by atoms with E-state index in [1.54, 1.807) is 0 Å². The summed E-state index contributed by atoms with van der Waals surface area (Å²) in [6.45, 7) is 0. The van der Waals surface area contributed by atoms with Gasteiger partial charge in [-0.1, -0.05) is 115 Å². The summed E-state index contributed by atoms with van der Waals surface area (Å²) in [6.07, 6.45) is 4.44. The van der Waals surface area contributed by atoms with Crippen LogP contribution in [0.4, 0.5) is 0 Å². The van der Waals surface area contributed by atoms with Gasteiger partial charge in [-0.05, 0) is 97.6 Å². The maximum absolute atomic E-state index is 6.18. The lowest BCUT2D eigenvalue weighted by atomic mass is 9.82. The summed E-state index contributed by atoms with van der Waals surface area (Å²) in [7, 11) is 0. The molecule has 0 atom stereocenters. The van der Waals surface area contributed by atoms with Crippen molar-refractivity contribution in [3.8, 4) is 22.3 Å². The molecule has 1 aromatic heterocycles. The molecule has 0 saturated heterocycles. The van der Waals surface area contributed by atoms with Crippen molar-refractivity contribution in [2.24, 2.45) is 0 Å². The molecule has 43 heavy (non-hydrogen) atoms. The molecule has 0 bridgehead atoms. The molecular weight excluding hydrogens is 520 g/mol. The summed E-state index contributed by atoms with van der Waals surface area (Å²) in [5.41, 5.74) is 9.38. The monoisotopic (exact) mass is 546 g/mol. The van der Waals surface area contributed by atoms with Crippen LogP contribution in [0.5, 0.6) is 0 Å². The Balaban J connectivity index is 1.38. The fourth-order valence-corrected chi connectivity index (χ4v) is 7.17. The third kappa shape index (κ3) is 3.67. The van der Waals surface area contributed by atoms with E-state index in [4.69, 9.17) is 4.42 Å². The Bertz CT molecular complexity index is 2450. The molecule has 0 saturated carbocycles. The van der Waals surface area contributed by atoms with Crippen LogP contribution in [-0.2, 0) is 0 Å². The Hall–Kier alpha value is -5.58. The minimum absolute atomic E-state index is 0.908. The molecule has 1 heteroatoms. The molecule has 7 aromatic carbocycles. The second-order valence-corrected chi connectivity index (χ2v) is 11.4. The fourth-order valence-electron chi connectivity index (χ4n) is 7.17. The van der Waals surface area contributed by atoms with Crippen LogP contribution in [0.2, 0.25) is 0 Å². The van der Waals surface area contributed by atoms with Crippen molar-refractivity contribution in [3.05, 3.63) is 156 Å². The van der Waals surface area contributed by atoms with Gasteiger partial charge in [-0.2, -0.15) is 0 Å². The first-order valence-electron chi connectivity index (χ1n) is 14.9. The van der Waals surface area contributed by atoms with E-state index < -0.39 is 0 Å². The predicted molar refractivity (Wildman–Crippen MR) is 179 cm³/mol. The Morgan fingerprint density at radius 2 is 1.28 bits per heavy atom. The van der Waals surface area contributed by atoms with Gasteiger partial charge in [-0.3, -0.25) is 0 Å². The molecule has 1 heterocycles. The van der Waals surface area contributed by atoms with E-state index in [0.29, 0.717) is 0 Å². The highest BCUT2D eigenvalue weighted by molar-refractivity contribution is 6.22. The number of hydrogen-bond acceptors (Lipinski definition) is 1. The third-order valence-corrected chi connectivity index (χ3v) is 9.02. The molecule has 0 fully saturated rings.